The van der Waals surface area contributed by atoms with Gasteiger partial charge < -0.3 is 10.3 Å². The van der Waals surface area contributed by atoms with Gasteiger partial charge in [0, 0.05) is 46.4 Å². The van der Waals surface area contributed by atoms with E-state index in [0.29, 0.717) is 5.69 Å². The number of carbonyl (C=O) groups excluding carboxylic acids is 1. The topological polar surface area (TPSA) is 125 Å². The Morgan fingerprint density at radius 1 is 0.917 bits per heavy atom. The standard InChI is InChI=1S/C27H22N8O/c1-15(2)27(36)32-17-9-16(12-28-13-17)22-11-20-24(14-31-22)34-35-25(20)23-10-19-18(6-8-30-26(19)33-23)21-5-3-4-7-29-21/h3-15H,1-2H3,(H,30,33)(H,32,36)(H,34,35). The van der Waals surface area contributed by atoms with E-state index in [-0.39, 0.29) is 11.8 Å². The molecule has 9 heteroatoms. The van der Waals surface area contributed by atoms with Gasteiger partial charge in [-0.3, -0.25) is 24.8 Å². The lowest BCUT2D eigenvalue weighted by atomic mass is 10.1. The van der Waals surface area contributed by atoms with E-state index in [1.54, 1.807) is 31.0 Å². The minimum Gasteiger partial charge on any atom is -0.338 e. The van der Waals surface area contributed by atoms with Gasteiger partial charge in [-0.05, 0) is 36.4 Å². The van der Waals surface area contributed by atoms with E-state index in [1.165, 1.54) is 0 Å². The van der Waals surface area contributed by atoms with Gasteiger partial charge in [0.15, 0.2) is 0 Å². The highest BCUT2D eigenvalue weighted by Crippen LogP contribution is 2.33. The second-order valence-corrected chi connectivity index (χ2v) is 8.81. The molecule has 9 nitrogen and oxygen atoms in total. The van der Waals surface area contributed by atoms with Crippen molar-refractivity contribution >= 4 is 33.5 Å². The Hall–Kier alpha value is -4.92. The quantitative estimate of drug-likeness (QED) is 0.315. The minimum atomic E-state index is -0.124. The van der Waals surface area contributed by atoms with Crippen LogP contribution in [0.5, 0.6) is 0 Å². The van der Waals surface area contributed by atoms with Gasteiger partial charge >= 0.3 is 0 Å². The maximum Gasteiger partial charge on any atom is 0.226 e. The Bertz CT molecular complexity index is 1720. The Balaban J connectivity index is 1.41. The number of amides is 1. The van der Waals surface area contributed by atoms with Crippen molar-refractivity contribution in [2.24, 2.45) is 5.92 Å². The van der Waals surface area contributed by atoms with Crippen molar-refractivity contribution in [3.8, 4) is 33.9 Å². The number of hydrogen-bond donors (Lipinski definition) is 3. The maximum atomic E-state index is 12.1. The fourth-order valence-electron chi connectivity index (χ4n) is 4.11. The van der Waals surface area contributed by atoms with Crippen LogP contribution in [-0.4, -0.2) is 41.0 Å². The third-order valence-corrected chi connectivity index (χ3v) is 6.00. The number of rotatable bonds is 5. The van der Waals surface area contributed by atoms with Crippen LogP contribution < -0.4 is 5.32 Å². The Morgan fingerprint density at radius 2 is 1.83 bits per heavy atom. The fraction of sp³-hybridized carbons (Fsp3) is 0.111. The van der Waals surface area contributed by atoms with Crippen molar-refractivity contribution in [2.45, 2.75) is 13.8 Å². The zero-order chi connectivity index (χ0) is 24.6. The number of aromatic amines is 2. The predicted octanol–water partition coefficient (Wildman–Crippen LogP) is 5.22. The van der Waals surface area contributed by atoms with E-state index in [4.69, 9.17) is 0 Å². The molecule has 0 atom stereocenters. The van der Waals surface area contributed by atoms with Gasteiger partial charge in [0.25, 0.3) is 0 Å². The summed E-state index contributed by atoms with van der Waals surface area (Å²) in [5.41, 5.74) is 7.19. The number of pyridine rings is 4. The molecular formula is C27H22N8O. The Kier molecular flexibility index (Phi) is 5.22. The molecule has 0 saturated carbocycles. The van der Waals surface area contributed by atoms with Crippen molar-refractivity contribution < 1.29 is 4.79 Å². The summed E-state index contributed by atoms with van der Waals surface area (Å²) in [6.07, 6.45) is 8.66. The number of anilines is 1. The van der Waals surface area contributed by atoms with Crippen LogP contribution in [0.15, 0.2) is 73.4 Å². The van der Waals surface area contributed by atoms with Crippen LogP contribution >= 0.6 is 0 Å². The summed E-state index contributed by atoms with van der Waals surface area (Å²) in [6, 6.07) is 13.7. The Morgan fingerprint density at radius 3 is 2.67 bits per heavy atom. The second-order valence-electron chi connectivity index (χ2n) is 8.81. The highest BCUT2D eigenvalue weighted by atomic mass is 16.1. The van der Waals surface area contributed by atoms with Gasteiger partial charge in [0.1, 0.15) is 11.3 Å². The van der Waals surface area contributed by atoms with Gasteiger partial charge in [0.05, 0.1) is 40.7 Å². The molecule has 176 valence electrons. The van der Waals surface area contributed by atoms with E-state index >= 15 is 0 Å². The van der Waals surface area contributed by atoms with E-state index in [9.17, 15) is 4.79 Å². The van der Waals surface area contributed by atoms with E-state index < -0.39 is 0 Å². The monoisotopic (exact) mass is 474 g/mol. The van der Waals surface area contributed by atoms with Crippen molar-refractivity contribution in [3.63, 3.8) is 0 Å². The molecule has 3 N–H and O–H groups in total. The zero-order valence-electron chi connectivity index (χ0n) is 19.6. The fourth-order valence-corrected chi connectivity index (χ4v) is 4.11. The summed E-state index contributed by atoms with van der Waals surface area (Å²) >= 11 is 0. The summed E-state index contributed by atoms with van der Waals surface area (Å²) in [6.45, 7) is 3.70. The number of aromatic nitrogens is 7. The largest absolute Gasteiger partial charge is 0.338 e. The van der Waals surface area contributed by atoms with Crippen molar-refractivity contribution in [1.29, 1.82) is 0 Å². The molecular weight excluding hydrogens is 452 g/mol. The SMILES string of the molecule is CC(C)C(=O)Nc1cncc(-c2cc3c(-c4cc5c(-c6ccccn6)ccnc5[nH]4)n[nH]c3cn2)c1. The lowest BCUT2D eigenvalue weighted by Gasteiger charge is -2.08. The molecule has 0 aromatic carbocycles. The first kappa shape index (κ1) is 21.6. The summed E-state index contributed by atoms with van der Waals surface area (Å²) in [5.74, 6) is -0.187. The van der Waals surface area contributed by atoms with Crippen LogP contribution in [0.2, 0.25) is 0 Å². The number of hydrogen-bond acceptors (Lipinski definition) is 6. The predicted molar refractivity (Wildman–Crippen MR) is 139 cm³/mol. The summed E-state index contributed by atoms with van der Waals surface area (Å²) in [4.78, 5) is 33.4. The highest BCUT2D eigenvalue weighted by molar-refractivity contribution is 6.00. The molecule has 36 heavy (non-hydrogen) atoms. The molecule has 1 amide bonds. The molecule has 0 unspecified atom stereocenters. The van der Waals surface area contributed by atoms with E-state index in [2.05, 4.69) is 40.4 Å². The highest BCUT2D eigenvalue weighted by Gasteiger charge is 2.16. The zero-order valence-corrected chi connectivity index (χ0v) is 19.6. The number of nitrogens with one attached hydrogen (secondary N) is 3. The minimum absolute atomic E-state index is 0.0630. The third-order valence-electron chi connectivity index (χ3n) is 6.00. The average Bonchev–Trinajstić information content (AvgIpc) is 3.53. The average molecular weight is 475 g/mol. The maximum absolute atomic E-state index is 12.1. The van der Waals surface area contributed by atoms with Gasteiger partial charge in [-0.1, -0.05) is 19.9 Å². The number of carbonyl (C=O) groups is 1. The van der Waals surface area contributed by atoms with Crippen LogP contribution in [0.4, 0.5) is 5.69 Å². The number of nitrogens with zero attached hydrogens (tertiary/aromatic N) is 5. The van der Waals surface area contributed by atoms with E-state index in [0.717, 1.165) is 55.8 Å². The molecule has 0 aliphatic heterocycles. The van der Waals surface area contributed by atoms with E-state index in [1.807, 2.05) is 56.3 Å². The molecule has 0 aliphatic carbocycles. The molecule has 0 fully saturated rings. The number of H-pyrrole nitrogens is 2. The molecule has 0 aliphatic rings. The smallest absolute Gasteiger partial charge is 0.226 e. The van der Waals surface area contributed by atoms with Gasteiger partial charge in [-0.2, -0.15) is 5.10 Å². The van der Waals surface area contributed by atoms with Crippen molar-refractivity contribution in [3.05, 3.63) is 73.4 Å². The molecule has 6 aromatic heterocycles. The van der Waals surface area contributed by atoms with Crippen LogP contribution in [0.3, 0.4) is 0 Å². The summed E-state index contributed by atoms with van der Waals surface area (Å²) < 4.78 is 0. The van der Waals surface area contributed by atoms with Gasteiger partial charge in [-0.15, -0.1) is 0 Å². The molecule has 6 heterocycles. The lowest BCUT2D eigenvalue weighted by molar-refractivity contribution is -0.118. The van der Waals surface area contributed by atoms with Crippen LogP contribution in [0.1, 0.15) is 13.8 Å². The van der Waals surface area contributed by atoms with Gasteiger partial charge in [0.2, 0.25) is 5.91 Å². The molecule has 0 spiro atoms. The lowest BCUT2D eigenvalue weighted by Crippen LogP contribution is -2.17. The van der Waals surface area contributed by atoms with Gasteiger partial charge in [-0.25, -0.2) is 4.98 Å². The second kappa shape index (κ2) is 8.70. The van der Waals surface area contributed by atoms with Crippen LogP contribution in [0, 0.1) is 5.92 Å². The Labute approximate surface area is 206 Å². The molecule has 6 rings (SSSR count). The first-order chi connectivity index (χ1) is 17.6. The first-order valence-electron chi connectivity index (χ1n) is 11.6. The molecule has 6 aromatic rings. The normalized spacial score (nSPS) is 11.4. The number of fused-ring (bicyclic) bond motifs is 2. The van der Waals surface area contributed by atoms with Crippen molar-refractivity contribution in [1.82, 2.24) is 35.1 Å². The summed E-state index contributed by atoms with van der Waals surface area (Å²) in [7, 11) is 0. The molecule has 0 radical (unpaired) electrons. The first-order valence-corrected chi connectivity index (χ1v) is 11.6. The van der Waals surface area contributed by atoms with Crippen LogP contribution in [0.25, 0.3) is 55.8 Å². The molecule has 0 saturated heterocycles. The third kappa shape index (κ3) is 3.86. The summed E-state index contributed by atoms with van der Waals surface area (Å²) in [5, 5.41) is 12.4. The van der Waals surface area contributed by atoms with Crippen LogP contribution in [-0.2, 0) is 4.79 Å². The van der Waals surface area contributed by atoms with Crippen molar-refractivity contribution in [2.75, 3.05) is 5.32 Å². The molecule has 0 bridgehead atoms.